The van der Waals surface area contributed by atoms with E-state index in [-0.39, 0.29) is 0 Å². The van der Waals surface area contributed by atoms with Gasteiger partial charge in [-0.25, -0.2) is 9.97 Å². The Labute approximate surface area is 288 Å². The van der Waals surface area contributed by atoms with Crippen molar-refractivity contribution in [1.82, 2.24) is 9.97 Å². The van der Waals surface area contributed by atoms with Crippen LogP contribution < -0.4 is 4.90 Å². The van der Waals surface area contributed by atoms with Crippen molar-refractivity contribution in [2.75, 3.05) is 4.90 Å². The second-order valence-corrected chi connectivity index (χ2v) is 13.6. The average molecular weight is 644 g/mol. The Morgan fingerprint density at radius 3 is 1.82 bits per heavy atom. The predicted molar refractivity (Wildman–Crippen MR) is 204 cm³/mol. The van der Waals surface area contributed by atoms with Gasteiger partial charge >= 0.3 is 0 Å². The Morgan fingerprint density at radius 1 is 0.449 bits per heavy atom. The van der Waals surface area contributed by atoms with Gasteiger partial charge in [-0.3, -0.25) is 4.90 Å². The maximum Gasteiger partial charge on any atom is 0.162 e. The van der Waals surface area contributed by atoms with Crippen molar-refractivity contribution in [2.24, 2.45) is 0 Å². The van der Waals surface area contributed by atoms with E-state index in [0.717, 1.165) is 33.7 Å². The van der Waals surface area contributed by atoms with Gasteiger partial charge in [-0.1, -0.05) is 140 Å². The molecule has 0 saturated carbocycles. The third-order valence-corrected chi connectivity index (χ3v) is 11.1. The largest absolute Gasteiger partial charge is 0.294 e. The molecule has 7 aromatic carbocycles. The highest BCUT2D eigenvalue weighted by atomic mass is 32.1. The van der Waals surface area contributed by atoms with Gasteiger partial charge in [0, 0.05) is 31.1 Å². The number of aromatic nitrogens is 2. The minimum Gasteiger partial charge on any atom is -0.294 e. The zero-order chi connectivity index (χ0) is 32.4. The lowest BCUT2D eigenvalue weighted by Gasteiger charge is -2.46. The van der Waals surface area contributed by atoms with Crippen LogP contribution >= 0.6 is 11.3 Å². The first-order chi connectivity index (χ1) is 24.3. The summed E-state index contributed by atoms with van der Waals surface area (Å²) in [5, 5.41) is 3.56. The fraction of sp³-hybridized carbons (Fsp3) is 0.0222. The van der Waals surface area contributed by atoms with Crippen LogP contribution in [0.3, 0.4) is 0 Å². The average Bonchev–Trinajstić information content (AvgIpc) is 3.54. The molecule has 3 nitrogen and oxygen atoms in total. The van der Waals surface area contributed by atoms with Crippen LogP contribution in [0.1, 0.15) is 22.3 Å². The van der Waals surface area contributed by atoms with Crippen molar-refractivity contribution in [3.63, 3.8) is 0 Å². The molecule has 4 heteroatoms. The van der Waals surface area contributed by atoms with Crippen LogP contribution in [-0.4, -0.2) is 9.97 Å². The Balaban J connectivity index is 1.39. The maximum atomic E-state index is 5.43. The molecule has 1 aliphatic heterocycles. The second kappa shape index (κ2) is 11.0. The van der Waals surface area contributed by atoms with E-state index >= 15 is 0 Å². The summed E-state index contributed by atoms with van der Waals surface area (Å²) in [5.41, 5.74) is 8.43. The molecular formula is C45H29N3S. The summed E-state index contributed by atoms with van der Waals surface area (Å²) in [5.74, 6) is 1.58. The molecule has 0 atom stereocenters. The normalized spacial score (nSPS) is 13.4. The standard InChI is InChI=1S/C45H29N3S/c1-4-16-30(17-5-1)43-46-38-25-13-10-23-34(38)44(47-43)48-39-26-14-12-24-36(39)45(31-18-6-2-7-19-31,32-20-8-3-9-21-32)37-28-35-33-22-11-15-27-41(33)49-42(35)29-40(37)48/h1-29H. The van der Waals surface area contributed by atoms with Gasteiger partial charge in [-0.05, 0) is 58.7 Å². The van der Waals surface area contributed by atoms with E-state index in [9.17, 15) is 0 Å². The number of thiophene rings is 1. The van der Waals surface area contributed by atoms with Crippen molar-refractivity contribution in [3.8, 4) is 11.4 Å². The Kier molecular flexibility index (Phi) is 6.27. The van der Waals surface area contributed by atoms with Gasteiger partial charge in [0.1, 0.15) is 5.82 Å². The highest BCUT2D eigenvalue weighted by Gasteiger charge is 2.47. The highest BCUT2D eigenvalue weighted by molar-refractivity contribution is 7.25. The third-order valence-electron chi connectivity index (χ3n) is 9.93. The van der Waals surface area contributed by atoms with Crippen molar-refractivity contribution in [3.05, 3.63) is 198 Å². The van der Waals surface area contributed by atoms with E-state index in [4.69, 9.17) is 9.97 Å². The topological polar surface area (TPSA) is 29.0 Å². The molecule has 3 heterocycles. The lowest BCUT2D eigenvalue weighted by molar-refractivity contribution is 0.732. The minimum absolute atomic E-state index is 0.590. The minimum atomic E-state index is -0.590. The quantitative estimate of drug-likeness (QED) is 0.191. The number of para-hydroxylation sites is 2. The van der Waals surface area contributed by atoms with Crippen LogP contribution in [-0.2, 0) is 5.41 Å². The van der Waals surface area contributed by atoms with Gasteiger partial charge in [0.05, 0.1) is 22.3 Å². The Hall–Kier alpha value is -6.10. The lowest BCUT2D eigenvalue weighted by atomic mass is 9.62. The van der Waals surface area contributed by atoms with Crippen molar-refractivity contribution in [1.29, 1.82) is 0 Å². The fourth-order valence-corrected chi connectivity index (χ4v) is 8.97. The molecule has 0 aliphatic carbocycles. The molecular weight excluding hydrogens is 615 g/mol. The summed E-state index contributed by atoms with van der Waals surface area (Å²) >= 11 is 1.85. The Bertz CT molecular complexity index is 2630. The number of hydrogen-bond acceptors (Lipinski definition) is 4. The van der Waals surface area contributed by atoms with E-state index in [1.165, 1.54) is 42.4 Å². The maximum absolute atomic E-state index is 5.43. The number of hydrogen-bond donors (Lipinski definition) is 0. The summed E-state index contributed by atoms with van der Waals surface area (Å²) in [6.45, 7) is 0. The van der Waals surface area contributed by atoms with Gasteiger partial charge in [0.2, 0.25) is 0 Å². The molecule has 0 spiro atoms. The van der Waals surface area contributed by atoms with Crippen LogP contribution in [0.25, 0.3) is 42.5 Å². The molecule has 2 aromatic heterocycles. The first-order valence-corrected chi connectivity index (χ1v) is 17.4. The summed E-state index contributed by atoms with van der Waals surface area (Å²) in [6.07, 6.45) is 0. The van der Waals surface area contributed by atoms with E-state index in [1.807, 2.05) is 29.5 Å². The van der Waals surface area contributed by atoms with E-state index in [1.54, 1.807) is 0 Å². The number of anilines is 3. The first kappa shape index (κ1) is 28.0. The van der Waals surface area contributed by atoms with Gasteiger partial charge < -0.3 is 0 Å². The molecule has 0 fully saturated rings. The molecule has 0 saturated heterocycles. The molecule has 0 bridgehead atoms. The van der Waals surface area contributed by atoms with Crippen LogP contribution in [0.5, 0.6) is 0 Å². The summed E-state index contributed by atoms with van der Waals surface area (Å²) in [7, 11) is 0. The Morgan fingerprint density at radius 2 is 1.06 bits per heavy atom. The molecule has 49 heavy (non-hydrogen) atoms. The van der Waals surface area contributed by atoms with Gasteiger partial charge in [-0.15, -0.1) is 11.3 Å². The first-order valence-electron chi connectivity index (χ1n) is 16.6. The number of nitrogens with zero attached hydrogens (tertiary/aromatic N) is 3. The SMILES string of the molecule is c1ccc(-c2nc(N3c4ccccc4C(c4ccccc4)(c4ccccc4)c4cc5c(cc43)sc3ccccc35)c3ccccc3n2)cc1. The monoisotopic (exact) mass is 643 g/mol. The van der Waals surface area contributed by atoms with Crippen LogP contribution in [0.4, 0.5) is 17.2 Å². The number of fused-ring (bicyclic) bond motifs is 6. The molecule has 10 rings (SSSR count). The molecule has 9 aromatic rings. The van der Waals surface area contributed by atoms with Gasteiger partial charge in [-0.2, -0.15) is 0 Å². The highest BCUT2D eigenvalue weighted by Crippen LogP contribution is 2.59. The molecule has 0 amide bonds. The number of benzene rings is 7. The van der Waals surface area contributed by atoms with E-state index in [0.29, 0.717) is 5.82 Å². The fourth-order valence-electron chi connectivity index (χ4n) is 7.85. The van der Waals surface area contributed by atoms with E-state index in [2.05, 4.69) is 163 Å². The molecule has 0 radical (unpaired) electrons. The van der Waals surface area contributed by atoms with Crippen molar-refractivity contribution in [2.45, 2.75) is 5.41 Å². The summed E-state index contributed by atoms with van der Waals surface area (Å²) < 4.78 is 2.54. The third kappa shape index (κ3) is 4.14. The second-order valence-electron chi connectivity index (χ2n) is 12.6. The van der Waals surface area contributed by atoms with Gasteiger partial charge in [0.15, 0.2) is 5.82 Å². The smallest absolute Gasteiger partial charge is 0.162 e. The summed E-state index contributed by atoms with van der Waals surface area (Å²) in [4.78, 5) is 12.9. The number of rotatable bonds is 4. The van der Waals surface area contributed by atoms with E-state index < -0.39 is 5.41 Å². The van der Waals surface area contributed by atoms with Crippen molar-refractivity contribution >= 4 is 59.6 Å². The van der Waals surface area contributed by atoms with Crippen molar-refractivity contribution < 1.29 is 0 Å². The molecule has 0 N–H and O–H groups in total. The predicted octanol–water partition coefficient (Wildman–Crippen LogP) is 11.8. The van der Waals surface area contributed by atoms with Gasteiger partial charge in [0.25, 0.3) is 0 Å². The van der Waals surface area contributed by atoms with Crippen LogP contribution in [0.15, 0.2) is 176 Å². The molecule has 230 valence electrons. The van der Waals surface area contributed by atoms with Crippen LogP contribution in [0, 0.1) is 0 Å². The summed E-state index contributed by atoms with van der Waals surface area (Å²) in [6, 6.07) is 63.2. The zero-order valence-corrected chi connectivity index (χ0v) is 27.3. The zero-order valence-electron chi connectivity index (χ0n) is 26.5. The molecule has 1 aliphatic rings. The lowest BCUT2D eigenvalue weighted by Crippen LogP contribution is -2.38. The van der Waals surface area contributed by atoms with Crippen LogP contribution in [0.2, 0.25) is 0 Å². The molecule has 0 unspecified atom stereocenters.